The molecule has 2 N–H and O–H groups in total. The number of unbranched alkanes of at least 4 members (excludes halogenated alkanes) is 3. The van der Waals surface area contributed by atoms with Crippen molar-refractivity contribution in [3.05, 3.63) is 83.7 Å². The predicted molar refractivity (Wildman–Crippen MR) is 241 cm³/mol. The van der Waals surface area contributed by atoms with Crippen molar-refractivity contribution in [1.82, 2.24) is 20.7 Å². The summed E-state index contributed by atoms with van der Waals surface area (Å²) in [7, 11) is 3.93. The molecule has 0 aliphatic carbocycles. The minimum atomic E-state index is -0.299. The molecule has 1 amide bonds. The number of methoxy groups -OCH3 is 1. The van der Waals surface area contributed by atoms with E-state index in [2.05, 4.69) is 109 Å². The molecule has 2 aliphatic heterocycles. The second kappa shape index (κ2) is 23.5. The van der Waals surface area contributed by atoms with Crippen molar-refractivity contribution < 1.29 is 28.5 Å². The minimum absolute atomic E-state index is 0.0148. The number of fused-ring (bicyclic) bond motifs is 1. The Hall–Kier alpha value is -4.49. The molecule has 1 fully saturated rings. The summed E-state index contributed by atoms with van der Waals surface area (Å²) in [5, 5.41) is 0. The maximum Gasteiger partial charge on any atom is 0.293 e. The van der Waals surface area contributed by atoms with Gasteiger partial charge in [-0.15, -0.1) is 6.58 Å². The van der Waals surface area contributed by atoms with E-state index in [-0.39, 0.29) is 23.5 Å². The molecule has 0 radical (unpaired) electrons. The third-order valence-electron chi connectivity index (χ3n) is 11.9. The highest BCUT2D eigenvalue weighted by Gasteiger charge is 2.43. The highest BCUT2D eigenvalue weighted by atomic mass is 16.5. The molecule has 3 aromatic rings. The Morgan fingerprint density at radius 2 is 1.77 bits per heavy atom. The molecule has 5 rings (SSSR count). The Morgan fingerprint density at radius 3 is 2.50 bits per heavy atom. The van der Waals surface area contributed by atoms with Gasteiger partial charge < -0.3 is 33.6 Å². The number of hydrazine groups is 1. The van der Waals surface area contributed by atoms with Crippen LogP contribution in [0.3, 0.4) is 0 Å². The number of anilines is 2. The number of carbonyl (C=O) groups is 2. The first-order chi connectivity index (χ1) is 29.1. The van der Waals surface area contributed by atoms with Crippen LogP contribution in [0, 0.1) is 5.41 Å². The van der Waals surface area contributed by atoms with Crippen LogP contribution in [-0.4, -0.2) is 103 Å². The highest BCUT2D eigenvalue weighted by Crippen LogP contribution is 2.55. The Morgan fingerprint density at radius 1 is 0.967 bits per heavy atom. The number of piperazine rings is 1. The maximum absolute atomic E-state index is 11.5. The van der Waals surface area contributed by atoms with Gasteiger partial charge >= 0.3 is 0 Å². The number of rotatable bonds is 27. The van der Waals surface area contributed by atoms with E-state index < -0.39 is 0 Å². The number of pyridine rings is 1. The van der Waals surface area contributed by atoms with Gasteiger partial charge in [-0.05, 0) is 111 Å². The van der Waals surface area contributed by atoms with Crippen LogP contribution in [0.25, 0.3) is 11.1 Å². The zero-order chi connectivity index (χ0) is 42.9. The number of benzene rings is 2. The van der Waals surface area contributed by atoms with Gasteiger partial charge in [0.25, 0.3) is 6.47 Å². The number of ether oxygens (including phenoxy) is 4. The molecule has 3 heterocycles. The van der Waals surface area contributed by atoms with Gasteiger partial charge in [-0.2, -0.15) is 0 Å². The molecule has 12 nitrogen and oxygen atoms in total. The Kier molecular flexibility index (Phi) is 18.2. The molecule has 2 aromatic carbocycles. The van der Waals surface area contributed by atoms with Crippen molar-refractivity contribution >= 4 is 24.3 Å². The molecule has 3 atom stereocenters. The van der Waals surface area contributed by atoms with E-state index in [1.807, 2.05) is 12.3 Å². The van der Waals surface area contributed by atoms with Crippen LogP contribution in [0.1, 0.15) is 107 Å². The van der Waals surface area contributed by atoms with Crippen molar-refractivity contribution in [2.24, 2.45) is 5.41 Å². The zero-order valence-electron chi connectivity index (χ0n) is 37.0. The van der Waals surface area contributed by atoms with Crippen molar-refractivity contribution in [3.63, 3.8) is 0 Å². The molecular weight excluding hydrogens is 757 g/mol. The quantitative estimate of drug-likeness (QED) is 0.0340. The van der Waals surface area contributed by atoms with E-state index >= 15 is 0 Å². The first kappa shape index (κ1) is 46.6. The molecule has 1 aromatic heterocycles. The van der Waals surface area contributed by atoms with E-state index in [1.165, 1.54) is 22.4 Å². The molecule has 328 valence electrons. The van der Waals surface area contributed by atoms with Gasteiger partial charge in [0.2, 0.25) is 6.41 Å². The van der Waals surface area contributed by atoms with Crippen molar-refractivity contribution in [2.75, 3.05) is 89.7 Å². The summed E-state index contributed by atoms with van der Waals surface area (Å²) >= 11 is 0. The standard InChI is InChI=1S/C48H70N6O6/c1-8-10-23-58-24-25-60-41-27-37(15-13-11-12-14-18-50-51-34-55)26-39(28-41)38-16-17-45-42(29-38)44(31-48(4,5)33-59-35-56)47(54(45)9-2)43-30-40(32-49-46(43)36(3)57-7)53-21-19-52(6)20-22-53/h8,16-17,26-30,32,34-36,44,47,50H,1,9-15,18-25,31,33H2,2-7H3,(H,51,55). The summed E-state index contributed by atoms with van der Waals surface area (Å²) in [4.78, 5) is 34.5. The number of nitrogens with one attached hydrogen (secondary N) is 2. The largest absolute Gasteiger partial charge is 0.491 e. The molecular formula is C48H70N6O6. The van der Waals surface area contributed by atoms with Crippen LogP contribution in [0.5, 0.6) is 5.75 Å². The smallest absolute Gasteiger partial charge is 0.293 e. The second-order valence-corrected chi connectivity index (χ2v) is 17.0. The number of aryl methyl sites for hydroxylation is 1. The average Bonchev–Trinajstić information content (AvgIpc) is 3.56. The lowest BCUT2D eigenvalue weighted by Gasteiger charge is -2.37. The number of likely N-dealkylation sites (N-methyl/N-ethyl adjacent to an activating group) is 2. The lowest BCUT2D eigenvalue weighted by atomic mass is 9.76. The summed E-state index contributed by atoms with van der Waals surface area (Å²) in [6.07, 6.45) is 11.1. The van der Waals surface area contributed by atoms with E-state index in [9.17, 15) is 9.59 Å². The molecule has 0 spiro atoms. The van der Waals surface area contributed by atoms with Gasteiger partial charge in [-0.1, -0.05) is 44.9 Å². The third kappa shape index (κ3) is 12.8. The van der Waals surface area contributed by atoms with E-state index in [1.54, 1.807) is 7.11 Å². The molecule has 2 aliphatic rings. The first-order valence-corrected chi connectivity index (χ1v) is 21.9. The average molecular weight is 827 g/mol. The summed E-state index contributed by atoms with van der Waals surface area (Å²) in [5.41, 5.74) is 14.4. The molecule has 3 unspecified atom stereocenters. The van der Waals surface area contributed by atoms with Crippen molar-refractivity contribution in [2.45, 2.75) is 90.7 Å². The highest BCUT2D eigenvalue weighted by molar-refractivity contribution is 5.74. The molecule has 1 saturated heterocycles. The van der Waals surface area contributed by atoms with E-state index in [0.717, 1.165) is 112 Å². The number of nitrogens with zero attached hydrogens (tertiary/aromatic N) is 4. The molecule has 0 saturated carbocycles. The molecule has 0 bridgehead atoms. The third-order valence-corrected chi connectivity index (χ3v) is 11.9. The minimum Gasteiger partial charge on any atom is -0.491 e. The number of carbonyl (C=O) groups excluding carboxylic acids is 2. The fourth-order valence-electron chi connectivity index (χ4n) is 8.68. The van der Waals surface area contributed by atoms with Crippen LogP contribution in [0.4, 0.5) is 11.4 Å². The fourth-order valence-corrected chi connectivity index (χ4v) is 8.68. The Balaban J connectivity index is 1.53. The monoisotopic (exact) mass is 827 g/mol. The predicted octanol–water partition coefficient (Wildman–Crippen LogP) is 7.79. The SMILES string of the molecule is C=CCCOCCOc1cc(CCCCCCNNC=O)cc(-c2ccc3c(c2)C(CC(C)(C)COC=O)C(c2cc(N4CCN(C)CC4)cnc2C(C)OC)N3CC)c1. The zero-order valence-corrected chi connectivity index (χ0v) is 37.0. The van der Waals surface area contributed by atoms with Crippen LogP contribution in [0.15, 0.2) is 61.3 Å². The van der Waals surface area contributed by atoms with Crippen LogP contribution >= 0.6 is 0 Å². The van der Waals surface area contributed by atoms with Gasteiger partial charge in [-0.3, -0.25) is 20.0 Å². The van der Waals surface area contributed by atoms with Gasteiger partial charge in [0.1, 0.15) is 12.4 Å². The van der Waals surface area contributed by atoms with Crippen LogP contribution < -0.4 is 25.4 Å². The first-order valence-electron chi connectivity index (χ1n) is 21.9. The lowest BCUT2D eigenvalue weighted by Crippen LogP contribution is -2.44. The summed E-state index contributed by atoms with van der Waals surface area (Å²) in [6, 6.07) is 15.9. The van der Waals surface area contributed by atoms with Crippen molar-refractivity contribution in [1.29, 1.82) is 0 Å². The topological polar surface area (TPSA) is 118 Å². The summed E-state index contributed by atoms with van der Waals surface area (Å²) in [6.45, 7) is 20.5. The second-order valence-electron chi connectivity index (χ2n) is 17.0. The number of amides is 1. The van der Waals surface area contributed by atoms with Gasteiger partial charge in [0, 0.05) is 63.5 Å². The van der Waals surface area contributed by atoms with E-state index in [4.69, 9.17) is 23.9 Å². The summed E-state index contributed by atoms with van der Waals surface area (Å²) in [5.74, 6) is 0.904. The number of hydrogen-bond donors (Lipinski definition) is 2. The molecule has 12 heteroatoms. The van der Waals surface area contributed by atoms with E-state index in [0.29, 0.717) is 39.3 Å². The van der Waals surface area contributed by atoms with Crippen molar-refractivity contribution in [3.8, 4) is 16.9 Å². The van der Waals surface area contributed by atoms with Gasteiger partial charge in [0.05, 0.1) is 49.5 Å². The fraction of sp³-hybridized carbons (Fsp3) is 0.562. The normalized spacial score (nSPS) is 17.3. The van der Waals surface area contributed by atoms with Gasteiger partial charge in [-0.25, -0.2) is 5.43 Å². The Bertz CT molecular complexity index is 1810. The van der Waals surface area contributed by atoms with Crippen LogP contribution in [-0.2, 0) is 30.2 Å². The number of aromatic nitrogens is 1. The number of hydrogen-bond acceptors (Lipinski definition) is 11. The summed E-state index contributed by atoms with van der Waals surface area (Å²) < 4.78 is 23.5. The van der Waals surface area contributed by atoms with Gasteiger partial charge in [0.15, 0.2) is 0 Å². The lowest BCUT2D eigenvalue weighted by molar-refractivity contribution is -0.131. The Labute approximate surface area is 359 Å². The molecule has 60 heavy (non-hydrogen) atoms. The van der Waals surface area contributed by atoms with Crippen LogP contribution in [0.2, 0.25) is 0 Å². The maximum atomic E-state index is 11.5.